The molecule has 0 amide bonds. The lowest BCUT2D eigenvalue weighted by atomic mass is 10.1. The van der Waals surface area contributed by atoms with Crippen LogP contribution in [0.2, 0.25) is 0 Å². The van der Waals surface area contributed by atoms with Gasteiger partial charge in [-0.3, -0.25) is 4.68 Å². The quantitative estimate of drug-likeness (QED) is 0.781. The molecule has 21 heavy (non-hydrogen) atoms. The molecule has 0 unspecified atom stereocenters. The van der Waals surface area contributed by atoms with Gasteiger partial charge in [-0.2, -0.15) is 5.10 Å². The van der Waals surface area contributed by atoms with Crippen molar-refractivity contribution >= 4 is 10.0 Å². The molecule has 1 aliphatic heterocycles. The SMILES string of the molecule is Cc1nn(C)c(C)c1S(=O)(=O)NC1CCN(CCN)CC1. The molecule has 8 heteroatoms. The van der Waals surface area contributed by atoms with Crippen molar-refractivity contribution in [3.63, 3.8) is 0 Å². The van der Waals surface area contributed by atoms with Crippen LogP contribution in [-0.2, 0) is 17.1 Å². The van der Waals surface area contributed by atoms with E-state index in [0.717, 1.165) is 32.5 Å². The summed E-state index contributed by atoms with van der Waals surface area (Å²) in [6.07, 6.45) is 1.63. The van der Waals surface area contributed by atoms with Crippen LogP contribution in [0, 0.1) is 13.8 Å². The number of aryl methyl sites for hydroxylation is 2. The Hall–Kier alpha value is -0.960. The second-order valence-corrected chi connectivity index (χ2v) is 7.30. The first-order valence-corrected chi connectivity index (χ1v) is 8.78. The average Bonchev–Trinajstić information content (AvgIpc) is 2.66. The molecule has 0 atom stereocenters. The lowest BCUT2D eigenvalue weighted by molar-refractivity contribution is 0.212. The van der Waals surface area contributed by atoms with Gasteiger partial charge in [-0.1, -0.05) is 0 Å². The number of likely N-dealkylation sites (tertiary alicyclic amines) is 1. The molecule has 0 spiro atoms. The van der Waals surface area contributed by atoms with E-state index in [1.807, 2.05) is 0 Å². The highest BCUT2D eigenvalue weighted by atomic mass is 32.2. The molecule has 7 nitrogen and oxygen atoms in total. The zero-order chi connectivity index (χ0) is 15.6. The van der Waals surface area contributed by atoms with Crippen LogP contribution in [0.25, 0.3) is 0 Å². The third-order valence-corrected chi connectivity index (χ3v) is 5.84. The summed E-state index contributed by atoms with van der Waals surface area (Å²) in [7, 11) is -1.75. The monoisotopic (exact) mass is 315 g/mol. The molecule has 3 N–H and O–H groups in total. The maximum absolute atomic E-state index is 12.6. The van der Waals surface area contributed by atoms with Crippen LogP contribution in [-0.4, -0.2) is 55.3 Å². The number of aromatic nitrogens is 2. The van der Waals surface area contributed by atoms with Gasteiger partial charge in [-0.15, -0.1) is 0 Å². The van der Waals surface area contributed by atoms with Gasteiger partial charge in [0.05, 0.1) is 11.4 Å². The number of piperidine rings is 1. The van der Waals surface area contributed by atoms with E-state index in [0.29, 0.717) is 22.8 Å². The van der Waals surface area contributed by atoms with E-state index in [1.165, 1.54) is 0 Å². The smallest absolute Gasteiger partial charge is 0.244 e. The van der Waals surface area contributed by atoms with E-state index in [2.05, 4.69) is 14.7 Å². The van der Waals surface area contributed by atoms with E-state index in [-0.39, 0.29) is 6.04 Å². The van der Waals surface area contributed by atoms with Crippen molar-refractivity contribution in [3.05, 3.63) is 11.4 Å². The summed E-state index contributed by atoms with van der Waals surface area (Å²) < 4.78 is 29.6. The summed E-state index contributed by atoms with van der Waals surface area (Å²) >= 11 is 0. The second-order valence-electron chi connectivity index (χ2n) is 5.65. The van der Waals surface area contributed by atoms with Gasteiger partial charge < -0.3 is 10.6 Å². The molecule has 1 aromatic rings. The molecule has 0 aromatic carbocycles. The standard InChI is InChI=1S/C13H25N5O2S/c1-10-13(11(2)17(3)15-10)21(19,20)16-12-4-7-18(8-5-12)9-6-14/h12,16H,4-9,14H2,1-3H3. The Bertz CT molecular complexity index is 588. The third kappa shape index (κ3) is 3.63. The minimum Gasteiger partial charge on any atom is -0.329 e. The van der Waals surface area contributed by atoms with Crippen molar-refractivity contribution in [1.82, 2.24) is 19.4 Å². The number of hydrogen-bond acceptors (Lipinski definition) is 5. The van der Waals surface area contributed by atoms with Gasteiger partial charge in [-0.05, 0) is 39.8 Å². The largest absolute Gasteiger partial charge is 0.329 e. The topological polar surface area (TPSA) is 93.2 Å². The second kappa shape index (κ2) is 6.43. The fraction of sp³-hybridized carbons (Fsp3) is 0.769. The number of sulfonamides is 1. The fourth-order valence-corrected chi connectivity index (χ4v) is 4.62. The third-order valence-electron chi connectivity index (χ3n) is 4.07. The molecule has 0 saturated carbocycles. The maximum Gasteiger partial charge on any atom is 0.244 e. The van der Waals surface area contributed by atoms with Crippen molar-refractivity contribution in [1.29, 1.82) is 0 Å². The predicted molar refractivity (Wildman–Crippen MR) is 81.5 cm³/mol. The van der Waals surface area contributed by atoms with E-state index in [4.69, 9.17) is 5.73 Å². The normalized spacial score (nSPS) is 18.3. The molecule has 1 saturated heterocycles. The van der Waals surface area contributed by atoms with Gasteiger partial charge in [0.15, 0.2) is 0 Å². The van der Waals surface area contributed by atoms with Crippen LogP contribution in [0.1, 0.15) is 24.2 Å². The van der Waals surface area contributed by atoms with Crippen LogP contribution in [0.3, 0.4) is 0 Å². The molecule has 1 aliphatic rings. The van der Waals surface area contributed by atoms with Crippen molar-refractivity contribution in [2.24, 2.45) is 12.8 Å². The molecule has 1 aromatic heterocycles. The van der Waals surface area contributed by atoms with Crippen LogP contribution in [0.15, 0.2) is 4.90 Å². The van der Waals surface area contributed by atoms with Crippen molar-refractivity contribution < 1.29 is 8.42 Å². The Morgan fingerprint density at radius 3 is 2.43 bits per heavy atom. The van der Waals surface area contributed by atoms with Gasteiger partial charge >= 0.3 is 0 Å². The summed E-state index contributed by atoms with van der Waals surface area (Å²) in [5, 5.41) is 4.18. The Kier molecular flexibility index (Phi) is 5.03. The Labute approximate surface area is 126 Å². The summed E-state index contributed by atoms with van der Waals surface area (Å²) in [5.74, 6) is 0. The van der Waals surface area contributed by atoms with Gasteiger partial charge in [0.1, 0.15) is 4.90 Å². The molecule has 2 rings (SSSR count). The van der Waals surface area contributed by atoms with E-state index in [1.54, 1.807) is 25.6 Å². The Balaban J connectivity index is 2.06. The highest BCUT2D eigenvalue weighted by Crippen LogP contribution is 2.20. The zero-order valence-electron chi connectivity index (χ0n) is 13.0. The molecule has 0 aliphatic carbocycles. The van der Waals surface area contributed by atoms with Crippen LogP contribution in [0.5, 0.6) is 0 Å². The lowest BCUT2D eigenvalue weighted by Crippen LogP contribution is -2.45. The number of nitrogens with one attached hydrogen (secondary N) is 1. The van der Waals surface area contributed by atoms with Gasteiger partial charge in [0.25, 0.3) is 0 Å². The molecule has 2 heterocycles. The lowest BCUT2D eigenvalue weighted by Gasteiger charge is -2.31. The van der Waals surface area contributed by atoms with E-state index in [9.17, 15) is 8.42 Å². The molecular formula is C13H25N5O2S. The number of nitrogens with two attached hydrogens (primary N) is 1. The highest BCUT2D eigenvalue weighted by molar-refractivity contribution is 7.89. The highest BCUT2D eigenvalue weighted by Gasteiger charge is 2.28. The summed E-state index contributed by atoms with van der Waals surface area (Å²) in [4.78, 5) is 2.58. The molecule has 0 radical (unpaired) electrons. The van der Waals surface area contributed by atoms with Crippen LogP contribution >= 0.6 is 0 Å². The zero-order valence-corrected chi connectivity index (χ0v) is 13.8. The Morgan fingerprint density at radius 1 is 1.33 bits per heavy atom. The van der Waals surface area contributed by atoms with E-state index < -0.39 is 10.0 Å². The van der Waals surface area contributed by atoms with Crippen LogP contribution < -0.4 is 10.5 Å². The summed E-state index contributed by atoms with van der Waals surface area (Å²) in [6, 6.07) is -0.0111. The van der Waals surface area contributed by atoms with E-state index >= 15 is 0 Å². The number of hydrogen-bond donors (Lipinski definition) is 2. The van der Waals surface area contributed by atoms with Gasteiger partial charge in [0, 0.05) is 26.2 Å². The van der Waals surface area contributed by atoms with Crippen molar-refractivity contribution in [2.45, 2.75) is 37.6 Å². The van der Waals surface area contributed by atoms with Crippen molar-refractivity contribution in [3.8, 4) is 0 Å². The number of nitrogens with zero attached hydrogens (tertiary/aromatic N) is 3. The molecule has 0 bridgehead atoms. The average molecular weight is 315 g/mol. The first-order valence-electron chi connectivity index (χ1n) is 7.30. The van der Waals surface area contributed by atoms with Crippen LogP contribution in [0.4, 0.5) is 0 Å². The summed E-state index contributed by atoms with van der Waals surface area (Å²) in [5.41, 5.74) is 6.76. The Morgan fingerprint density at radius 2 is 1.95 bits per heavy atom. The first-order chi connectivity index (χ1) is 9.85. The minimum absolute atomic E-state index is 0.0111. The van der Waals surface area contributed by atoms with Gasteiger partial charge in [0.2, 0.25) is 10.0 Å². The molecular weight excluding hydrogens is 290 g/mol. The molecule has 1 fully saturated rings. The van der Waals surface area contributed by atoms with Gasteiger partial charge in [-0.25, -0.2) is 13.1 Å². The molecule has 120 valence electrons. The van der Waals surface area contributed by atoms with Crippen molar-refractivity contribution in [2.75, 3.05) is 26.2 Å². The fourth-order valence-electron chi connectivity index (χ4n) is 2.88. The number of rotatable bonds is 5. The first kappa shape index (κ1) is 16.4. The predicted octanol–water partition coefficient (Wildman–Crippen LogP) is -0.262. The summed E-state index contributed by atoms with van der Waals surface area (Å²) in [6.45, 7) is 6.79. The minimum atomic E-state index is -3.51. The maximum atomic E-state index is 12.6.